The summed E-state index contributed by atoms with van der Waals surface area (Å²) in [4.78, 5) is 52.4. The highest BCUT2D eigenvalue weighted by Crippen LogP contribution is 2.48. The van der Waals surface area contributed by atoms with Crippen molar-refractivity contribution < 1.29 is 14.4 Å². The number of aromatic nitrogens is 2. The van der Waals surface area contributed by atoms with Gasteiger partial charge in [0.2, 0.25) is 5.78 Å². The van der Waals surface area contributed by atoms with Gasteiger partial charge in [-0.1, -0.05) is 44.2 Å². The van der Waals surface area contributed by atoms with Crippen molar-refractivity contribution in [1.82, 2.24) is 9.97 Å². The van der Waals surface area contributed by atoms with Crippen LogP contribution in [0.25, 0.3) is 0 Å². The third-order valence-electron chi connectivity index (χ3n) is 5.96. The highest BCUT2D eigenvalue weighted by molar-refractivity contribution is 6.29. The van der Waals surface area contributed by atoms with E-state index in [4.69, 9.17) is 0 Å². The Morgan fingerprint density at radius 1 is 0.966 bits per heavy atom. The zero-order valence-electron chi connectivity index (χ0n) is 16.2. The average Bonchev–Trinajstić information content (AvgIpc) is 2.70. The van der Waals surface area contributed by atoms with Gasteiger partial charge in [0.25, 0.3) is 0 Å². The molecule has 2 aromatic rings. The van der Waals surface area contributed by atoms with E-state index in [1.807, 2.05) is 44.2 Å². The van der Waals surface area contributed by atoms with Gasteiger partial charge in [0.1, 0.15) is 23.5 Å². The predicted octanol–water partition coefficient (Wildman–Crippen LogP) is 3.35. The van der Waals surface area contributed by atoms with Gasteiger partial charge in [-0.2, -0.15) is 0 Å². The number of fused-ring (bicyclic) bond motifs is 2. The molecule has 0 N–H and O–H groups in total. The molecule has 1 saturated carbocycles. The SMILES string of the molecule is CC1(C)CC(=O)C2C(=NC3=C(C(=O)c4cncnc4C3=O)C2c2ccccc2)C1. The molecular weight excluding hydrogens is 366 g/mol. The van der Waals surface area contributed by atoms with Crippen molar-refractivity contribution in [1.29, 1.82) is 0 Å². The lowest BCUT2D eigenvalue weighted by Crippen LogP contribution is -2.45. The monoisotopic (exact) mass is 385 g/mol. The summed E-state index contributed by atoms with van der Waals surface area (Å²) in [5.74, 6) is -1.67. The lowest BCUT2D eigenvalue weighted by Gasteiger charge is -2.42. The van der Waals surface area contributed by atoms with Crippen LogP contribution in [-0.4, -0.2) is 33.0 Å². The fourth-order valence-electron chi connectivity index (χ4n) is 4.81. The van der Waals surface area contributed by atoms with E-state index in [-0.39, 0.29) is 39.7 Å². The Bertz CT molecular complexity index is 1140. The molecular formula is C23H19N3O3. The van der Waals surface area contributed by atoms with Crippen LogP contribution in [0, 0.1) is 11.3 Å². The van der Waals surface area contributed by atoms with Gasteiger partial charge < -0.3 is 0 Å². The first-order valence-electron chi connectivity index (χ1n) is 9.66. The molecule has 0 radical (unpaired) electrons. The molecule has 1 aromatic heterocycles. The standard InChI is InChI=1S/C23H19N3O3/c1-23(2)8-14-17(15(27)9-23)16(12-6-4-3-5-7-12)18-20(26-14)22(29)19-13(21(18)28)10-24-11-25-19/h3-7,10-11,16-17H,8-9H2,1-2H3. The molecule has 0 bridgehead atoms. The van der Waals surface area contributed by atoms with E-state index < -0.39 is 11.8 Å². The minimum atomic E-state index is -0.521. The van der Waals surface area contributed by atoms with Crippen molar-refractivity contribution in [2.24, 2.45) is 16.3 Å². The number of carbonyl (C=O) groups excluding carboxylic acids is 3. The van der Waals surface area contributed by atoms with E-state index >= 15 is 0 Å². The summed E-state index contributed by atoms with van der Waals surface area (Å²) in [6.07, 6.45) is 3.67. The number of hydrogen-bond acceptors (Lipinski definition) is 6. The fourth-order valence-corrected chi connectivity index (χ4v) is 4.81. The normalized spacial score (nSPS) is 25.2. The molecule has 1 aromatic carbocycles. The van der Waals surface area contributed by atoms with Crippen LogP contribution in [0.15, 0.2) is 59.1 Å². The summed E-state index contributed by atoms with van der Waals surface area (Å²) in [7, 11) is 0. The summed E-state index contributed by atoms with van der Waals surface area (Å²) < 4.78 is 0. The van der Waals surface area contributed by atoms with E-state index in [0.29, 0.717) is 24.1 Å². The Morgan fingerprint density at radius 2 is 1.72 bits per heavy atom. The van der Waals surface area contributed by atoms with Gasteiger partial charge in [0, 0.05) is 29.8 Å². The van der Waals surface area contributed by atoms with Crippen molar-refractivity contribution in [2.75, 3.05) is 0 Å². The zero-order valence-corrected chi connectivity index (χ0v) is 16.2. The average molecular weight is 385 g/mol. The number of benzene rings is 1. The molecule has 2 unspecified atom stereocenters. The van der Waals surface area contributed by atoms with Crippen LogP contribution in [-0.2, 0) is 4.79 Å². The van der Waals surface area contributed by atoms with Gasteiger partial charge in [0.15, 0.2) is 5.78 Å². The maximum Gasteiger partial charge on any atom is 0.230 e. The Morgan fingerprint density at radius 3 is 2.48 bits per heavy atom. The number of Topliss-reactive ketones (excluding diaryl/α,β-unsaturated/α-hetero) is 3. The van der Waals surface area contributed by atoms with Crippen LogP contribution >= 0.6 is 0 Å². The highest BCUT2D eigenvalue weighted by Gasteiger charge is 2.50. The first kappa shape index (κ1) is 17.8. The molecule has 5 rings (SSSR count). The van der Waals surface area contributed by atoms with Gasteiger partial charge in [-0.25, -0.2) is 9.97 Å². The van der Waals surface area contributed by atoms with E-state index in [0.717, 1.165) is 5.56 Å². The molecule has 2 heterocycles. The fraction of sp³-hybridized carbons (Fsp3) is 0.304. The minimum absolute atomic E-state index is 0.0655. The second-order valence-electron chi connectivity index (χ2n) is 8.66. The van der Waals surface area contributed by atoms with Gasteiger partial charge in [-0.15, -0.1) is 0 Å². The number of aliphatic imine (C=N–C) groups is 1. The van der Waals surface area contributed by atoms with Crippen LogP contribution in [0.5, 0.6) is 0 Å². The van der Waals surface area contributed by atoms with Crippen molar-refractivity contribution in [3.63, 3.8) is 0 Å². The number of nitrogens with zero attached hydrogens (tertiary/aromatic N) is 3. The maximum absolute atomic E-state index is 13.4. The number of hydrogen-bond donors (Lipinski definition) is 0. The van der Waals surface area contributed by atoms with E-state index in [9.17, 15) is 14.4 Å². The van der Waals surface area contributed by atoms with Crippen molar-refractivity contribution in [3.8, 4) is 0 Å². The molecule has 1 fully saturated rings. The van der Waals surface area contributed by atoms with E-state index in [2.05, 4.69) is 15.0 Å². The molecule has 1 aliphatic heterocycles. The Balaban J connectivity index is 1.78. The zero-order chi connectivity index (χ0) is 20.3. The molecule has 0 amide bonds. The minimum Gasteiger partial charge on any atom is -0.299 e. The lowest BCUT2D eigenvalue weighted by atomic mass is 9.62. The van der Waals surface area contributed by atoms with Crippen molar-refractivity contribution in [3.05, 3.63) is 70.9 Å². The van der Waals surface area contributed by atoms with Gasteiger partial charge in [-0.05, 0) is 17.4 Å². The molecule has 0 saturated heterocycles. The first-order valence-corrected chi connectivity index (χ1v) is 9.66. The third kappa shape index (κ3) is 2.63. The number of rotatable bonds is 1. The molecule has 6 nitrogen and oxygen atoms in total. The topological polar surface area (TPSA) is 89.3 Å². The van der Waals surface area contributed by atoms with Crippen LogP contribution in [0.3, 0.4) is 0 Å². The van der Waals surface area contributed by atoms with Gasteiger partial charge in [0.05, 0.1) is 11.5 Å². The predicted molar refractivity (Wildman–Crippen MR) is 106 cm³/mol. The molecule has 29 heavy (non-hydrogen) atoms. The van der Waals surface area contributed by atoms with Crippen LogP contribution in [0.1, 0.15) is 59.0 Å². The number of carbonyl (C=O) groups is 3. The van der Waals surface area contributed by atoms with Gasteiger partial charge in [-0.3, -0.25) is 19.4 Å². The molecule has 2 atom stereocenters. The molecule has 0 spiro atoms. The second kappa shape index (κ2) is 6.11. The largest absolute Gasteiger partial charge is 0.299 e. The van der Waals surface area contributed by atoms with Crippen molar-refractivity contribution in [2.45, 2.75) is 32.6 Å². The summed E-state index contributed by atoms with van der Waals surface area (Å²) in [5.41, 5.74) is 1.99. The van der Waals surface area contributed by atoms with Crippen LogP contribution < -0.4 is 0 Å². The van der Waals surface area contributed by atoms with Gasteiger partial charge >= 0.3 is 0 Å². The Hall–Kier alpha value is -3.28. The van der Waals surface area contributed by atoms with E-state index in [1.165, 1.54) is 12.5 Å². The number of allylic oxidation sites excluding steroid dienone is 2. The molecule has 6 heteroatoms. The summed E-state index contributed by atoms with van der Waals surface area (Å²) in [6, 6.07) is 9.45. The summed E-state index contributed by atoms with van der Waals surface area (Å²) in [5, 5.41) is 0. The second-order valence-corrected chi connectivity index (χ2v) is 8.66. The summed E-state index contributed by atoms with van der Waals surface area (Å²) >= 11 is 0. The van der Waals surface area contributed by atoms with E-state index in [1.54, 1.807) is 0 Å². The first-order chi connectivity index (χ1) is 13.9. The molecule has 2 aliphatic carbocycles. The Kier molecular flexibility index (Phi) is 3.75. The quantitative estimate of drug-likeness (QED) is 0.751. The van der Waals surface area contributed by atoms with Crippen molar-refractivity contribution >= 4 is 23.1 Å². The maximum atomic E-state index is 13.4. The highest BCUT2D eigenvalue weighted by atomic mass is 16.1. The molecule has 144 valence electrons. The Labute approximate surface area is 167 Å². The smallest absolute Gasteiger partial charge is 0.230 e. The van der Waals surface area contributed by atoms with Crippen LogP contribution in [0.4, 0.5) is 0 Å². The van der Waals surface area contributed by atoms with Crippen LogP contribution in [0.2, 0.25) is 0 Å². The number of ketones is 3. The lowest BCUT2D eigenvalue weighted by molar-refractivity contribution is -0.124. The third-order valence-corrected chi connectivity index (χ3v) is 5.96. The summed E-state index contributed by atoms with van der Waals surface area (Å²) in [6.45, 7) is 4.06. The molecule has 3 aliphatic rings.